The first-order valence-corrected chi connectivity index (χ1v) is 6.49. The number of anilines is 1. The Bertz CT molecular complexity index is 457. The lowest BCUT2D eigenvalue weighted by Gasteiger charge is -2.22. The SMILES string of the molecule is CCN(CC(=O)N(C)C)Cc1ncc(C)c(N)c1C. The number of nitrogens with zero attached hydrogens (tertiary/aromatic N) is 3. The van der Waals surface area contributed by atoms with E-state index in [-0.39, 0.29) is 5.91 Å². The maximum absolute atomic E-state index is 11.7. The Morgan fingerprint density at radius 1 is 1.37 bits per heavy atom. The van der Waals surface area contributed by atoms with Crippen LogP contribution in [0.15, 0.2) is 6.20 Å². The molecule has 0 bridgehead atoms. The number of pyridine rings is 1. The molecule has 1 amide bonds. The molecule has 0 saturated heterocycles. The van der Waals surface area contributed by atoms with Gasteiger partial charge in [0, 0.05) is 32.5 Å². The van der Waals surface area contributed by atoms with Crippen molar-refractivity contribution in [2.24, 2.45) is 0 Å². The van der Waals surface area contributed by atoms with Crippen LogP contribution >= 0.6 is 0 Å². The second-order valence-electron chi connectivity index (χ2n) is 5.02. The van der Waals surface area contributed by atoms with E-state index in [4.69, 9.17) is 5.73 Å². The van der Waals surface area contributed by atoms with E-state index >= 15 is 0 Å². The molecule has 0 aromatic carbocycles. The summed E-state index contributed by atoms with van der Waals surface area (Å²) in [5.41, 5.74) is 9.75. The van der Waals surface area contributed by atoms with E-state index in [1.807, 2.05) is 20.8 Å². The van der Waals surface area contributed by atoms with Gasteiger partial charge in [0.15, 0.2) is 0 Å². The van der Waals surface area contributed by atoms with Gasteiger partial charge in [-0.3, -0.25) is 14.7 Å². The van der Waals surface area contributed by atoms with Gasteiger partial charge in [-0.1, -0.05) is 6.92 Å². The lowest BCUT2D eigenvalue weighted by molar-refractivity contribution is -0.130. The molecule has 0 aliphatic carbocycles. The molecule has 0 atom stereocenters. The van der Waals surface area contributed by atoms with Crippen molar-refractivity contribution >= 4 is 11.6 Å². The standard InChI is InChI=1S/C14H24N4O/c1-6-18(9-13(19)17(4)5)8-12-11(3)14(15)10(2)7-16-12/h7H,6,8-9H2,1-5H3,(H2,15,16). The molecule has 0 spiro atoms. The van der Waals surface area contributed by atoms with Crippen LogP contribution in [-0.4, -0.2) is 47.9 Å². The molecule has 1 aromatic heterocycles. The summed E-state index contributed by atoms with van der Waals surface area (Å²) in [5, 5.41) is 0. The van der Waals surface area contributed by atoms with E-state index in [9.17, 15) is 4.79 Å². The minimum absolute atomic E-state index is 0.0968. The number of nitrogens with two attached hydrogens (primary N) is 1. The highest BCUT2D eigenvalue weighted by atomic mass is 16.2. The minimum Gasteiger partial charge on any atom is -0.398 e. The molecule has 5 nitrogen and oxygen atoms in total. The normalized spacial score (nSPS) is 10.8. The van der Waals surface area contributed by atoms with Crippen LogP contribution in [0.25, 0.3) is 0 Å². The van der Waals surface area contributed by atoms with Crippen molar-refractivity contribution in [2.75, 3.05) is 32.9 Å². The smallest absolute Gasteiger partial charge is 0.236 e. The molecule has 2 N–H and O–H groups in total. The van der Waals surface area contributed by atoms with Crippen LogP contribution in [-0.2, 0) is 11.3 Å². The van der Waals surface area contributed by atoms with Gasteiger partial charge in [-0.25, -0.2) is 0 Å². The zero-order chi connectivity index (χ0) is 14.6. The molecule has 1 aromatic rings. The monoisotopic (exact) mass is 264 g/mol. The predicted molar refractivity (Wildman–Crippen MR) is 77.8 cm³/mol. The maximum atomic E-state index is 11.7. The van der Waals surface area contributed by atoms with Gasteiger partial charge in [0.25, 0.3) is 0 Å². The van der Waals surface area contributed by atoms with Crippen LogP contribution in [0, 0.1) is 13.8 Å². The molecule has 0 unspecified atom stereocenters. The minimum atomic E-state index is 0.0968. The molecular formula is C14H24N4O. The number of nitrogen functional groups attached to an aromatic ring is 1. The van der Waals surface area contributed by atoms with Crippen LogP contribution < -0.4 is 5.73 Å². The Morgan fingerprint density at radius 2 is 2.00 bits per heavy atom. The van der Waals surface area contributed by atoms with E-state index in [0.717, 1.165) is 29.1 Å². The van der Waals surface area contributed by atoms with Crippen LogP contribution in [0.5, 0.6) is 0 Å². The first kappa shape index (κ1) is 15.4. The van der Waals surface area contributed by atoms with Crippen molar-refractivity contribution in [2.45, 2.75) is 27.3 Å². The van der Waals surface area contributed by atoms with Gasteiger partial charge in [0.2, 0.25) is 5.91 Å². The third-order valence-electron chi connectivity index (χ3n) is 3.35. The van der Waals surface area contributed by atoms with Crippen LogP contribution in [0.2, 0.25) is 0 Å². The van der Waals surface area contributed by atoms with Crippen LogP contribution in [0.1, 0.15) is 23.7 Å². The largest absolute Gasteiger partial charge is 0.398 e. The van der Waals surface area contributed by atoms with Crippen molar-refractivity contribution in [1.82, 2.24) is 14.8 Å². The zero-order valence-electron chi connectivity index (χ0n) is 12.5. The van der Waals surface area contributed by atoms with Gasteiger partial charge in [-0.15, -0.1) is 0 Å². The number of rotatable bonds is 5. The highest BCUT2D eigenvalue weighted by Gasteiger charge is 2.14. The second kappa shape index (κ2) is 6.52. The molecule has 106 valence electrons. The summed E-state index contributed by atoms with van der Waals surface area (Å²) < 4.78 is 0. The van der Waals surface area contributed by atoms with Crippen LogP contribution in [0.3, 0.4) is 0 Å². The molecule has 1 heterocycles. The first-order valence-electron chi connectivity index (χ1n) is 6.49. The molecule has 1 rings (SSSR count). The fraction of sp³-hybridized carbons (Fsp3) is 0.571. The maximum Gasteiger partial charge on any atom is 0.236 e. The van der Waals surface area contributed by atoms with Crippen molar-refractivity contribution < 1.29 is 4.79 Å². The van der Waals surface area contributed by atoms with Gasteiger partial charge in [-0.05, 0) is 31.5 Å². The summed E-state index contributed by atoms with van der Waals surface area (Å²) >= 11 is 0. The highest BCUT2D eigenvalue weighted by Crippen LogP contribution is 2.19. The quantitative estimate of drug-likeness (QED) is 0.868. The Hall–Kier alpha value is -1.62. The highest BCUT2D eigenvalue weighted by molar-refractivity contribution is 5.77. The number of aromatic nitrogens is 1. The average molecular weight is 264 g/mol. The average Bonchev–Trinajstić information content (AvgIpc) is 2.37. The zero-order valence-corrected chi connectivity index (χ0v) is 12.5. The van der Waals surface area contributed by atoms with Crippen molar-refractivity contribution in [3.63, 3.8) is 0 Å². The van der Waals surface area contributed by atoms with E-state index in [2.05, 4.69) is 9.88 Å². The lowest BCUT2D eigenvalue weighted by Crippen LogP contribution is -2.36. The number of aryl methyl sites for hydroxylation is 1. The van der Waals surface area contributed by atoms with E-state index in [0.29, 0.717) is 13.1 Å². The molecule has 0 aliphatic heterocycles. The van der Waals surface area contributed by atoms with Gasteiger partial charge < -0.3 is 10.6 Å². The first-order chi connectivity index (χ1) is 8.86. The number of amides is 1. The topological polar surface area (TPSA) is 62.5 Å². The van der Waals surface area contributed by atoms with E-state index < -0.39 is 0 Å². The number of hydrogen-bond acceptors (Lipinski definition) is 4. The fourth-order valence-electron chi connectivity index (χ4n) is 1.78. The number of carbonyl (C=O) groups is 1. The second-order valence-corrected chi connectivity index (χ2v) is 5.02. The van der Waals surface area contributed by atoms with Gasteiger partial charge in [0.1, 0.15) is 0 Å². The van der Waals surface area contributed by atoms with E-state index in [1.165, 1.54) is 0 Å². The van der Waals surface area contributed by atoms with Gasteiger partial charge in [0.05, 0.1) is 12.2 Å². The predicted octanol–water partition coefficient (Wildman–Crippen LogP) is 1.19. The van der Waals surface area contributed by atoms with Crippen molar-refractivity contribution in [1.29, 1.82) is 0 Å². The number of carbonyl (C=O) groups excluding carboxylic acids is 1. The van der Waals surface area contributed by atoms with E-state index in [1.54, 1.807) is 25.2 Å². The Morgan fingerprint density at radius 3 is 2.53 bits per heavy atom. The summed E-state index contributed by atoms with van der Waals surface area (Å²) in [7, 11) is 3.53. The summed E-state index contributed by atoms with van der Waals surface area (Å²) in [6, 6.07) is 0. The number of hydrogen-bond donors (Lipinski definition) is 1. The molecule has 0 saturated carbocycles. The Balaban J connectivity index is 2.82. The van der Waals surface area contributed by atoms with Crippen molar-refractivity contribution in [3.8, 4) is 0 Å². The molecule has 0 radical (unpaired) electrons. The molecule has 0 aliphatic rings. The van der Waals surface area contributed by atoms with Gasteiger partial charge in [-0.2, -0.15) is 0 Å². The Kier molecular flexibility index (Phi) is 5.30. The molecule has 19 heavy (non-hydrogen) atoms. The fourth-order valence-corrected chi connectivity index (χ4v) is 1.78. The lowest BCUT2D eigenvalue weighted by atomic mass is 10.1. The van der Waals surface area contributed by atoms with Gasteiger partial charge >= 0.3 is 0 Å². The summed E-state index contributed by atoms with van der Waals surface area (Å²) in [6.07, 6.45) is 1.79. The third kappa shape index (κ3) is 3.92. The third-order valence-corrected chi connectivity index (χ3v) is 3.35. The Labute approximate surface area is 115 Å². The summed E-state index contributed by atoms with van der Waals surface area (Å²) in [5.74, 6) is 0.0968. The molecular weight excluding hydrogens is 240 g/mol. The summed E-state index contributed by atoms with van der Waals surface area (Å²) in [4.78, 5) is 19.8. The summed E-state index contributed by atoms with van der Waals surface area (Å²) in [6.45, 7) is 7.81. The van der Waals surface area contributed by atoms with Crippen LogP contribution in [0.4, 0.5) is 5.69 Å². The number of likely N-dealkylation sites (N-methyl/N-ethyl adjacent to an activating group) is 2. The molecule has 5 heteroatoms. The molecule has 0 fully saturated rings. The van der Waals surface area contributed by atoms with Crippen molar-refractivity contribution in [3.05, 3.63) is 23.0 Å².